The van der Waals surface area contributed by atoms with E-state index in [9.17, 15) is 9.90 Å². The first-order valence-electron chi connectivity index (χ1n) is 7.60. The van der Waals surface area contributed by atoms with Crippen LogP contribution in [0, 0.1) is 0 Å². The van der Waals surface area contributed by atoms with Gasteiger partial charge in [0, 0.05) is 15.7 Å². The standard InChI is InChI=1S/C18H18BrNO3/c1-2-23-17-6-4-3-5-12(17)16-10-14(18(21)22)13-9-11(19)7-8-15(13)20-16/h3-9,14,16,20H,2,10H2,1H3,(H,21,22). The van der Waals surface area contributed by atoms with E-state index in [0.29, 0.717) is 13.0 Å². The van der Waals surface area contributed by atoms with E-state index in [0.717, 1.165) is 27.0 Å². The van der Waals surface area contributed by atoms with E-state index in [4.69, 9.17) is 4.74 Å². The lowest BCUT2D eigenvalue weighted by Gasteiger charge is -2.32. The van der Waals surface area contributed by atoms with Crippen LogP contribution in [0.25, 0.3) is 0 Å². The van der Waals surface area contributed by atoms with Crippen LogP contribution in [-0.4, -0.2) is 17.7 Å². The van der Waals surface area contributed by atoms with Crippen LogP contribution in [0.5, 0.6) is 5.75 Å². The third kappa shape index (κ3) is 3.20. The predicted octanol–water partition coefficient (Wildman–Crippen LogP) is 4.57. The second-order valence-electron chi connectivity index (χ2n) is 5.53. The molecule has 0 aliphatic carbocycles. The summed E-state index contributed by atoms with van der Waals surface area (Å²) in [6.45, 7) is 2.52. The van der Waals surface area contributed by atoms with Crippen LogP contribution in [0.4, 0.5) is 5.69 Å². The molecule has 2 N–H and O–H groups in total. The summed E-state index contributed by atoms with van der Waals surface area (Å²) in [6, 6.07) is 13.4. The number of anilines is 1. The smallest absolute Gasteiger partial charge is 0.311 e. The highest BCUT2D eigenvalue weighted by Gasteiger charge is 2.33. The number of hydrogen-bond acceptors (Lipinski definition) is 3. The van der Waals surface area contributed by atoms with Gasteiger partial charge in [-0.1, -0.05) is 34.1 Å². The van der Waals surface area contributed by atoms with Gasteiger partial charge < -0.3 is 15.2 Å². The monoisotopic (exact) mass is 375 g/mol. The molecular formula is C18H18BrNO3. The Hall–Kier alpha value is -2.01. The molecule has 120 valence electrons. The fraction of sp³-hybridized carbons (Fsp3) is 0.278. The molecule has 5 heteroatoms. The zero-order valence-corrected chi connectivity index (χ0v) is 14.3. The Morgan fingerprint density at radius 2 is 2.09 bits per heavy atom. The maximum atomic E-state index is 11.7. The molecule has 1 aliphatic rings. The minimum atomic E-state index is -0.801. The van der Waals surface area contributed by atoms with Crippen LogP contribution < -0.4 is 10.1 Å². The number of aliphatic carboxylic acids is 1. The predicted molar refractivity (Wildman–Crippen MR) is 93.1 cm³/mol. The highest BCUT2D eigenvalue weighted by Crippen LogP contribution is 2.43. The lowest BCUT2D eigenvalue weighted by molar-refractivity contribution is -0.139. The zero-order chi connectivity index (χ0) is 16.4. The molecule has 2 unspecified atom stereocenters. The van der Waals surface area contributed by atoms with Crippen molar-refractivity contribution in [3.63, 3.8) is 0 Å². The quantitative estimate of drug-likeness (QED) is 0.821. The first-order valence-corrected chi connectivity index (χ1v) is 8.40. The molecule has 1 aliphatic heterocycles. The summed E-state index contributed by atoms with van der Waals surface area (Å²) in [5.41, 5.74) is 2.68. The Labute approximate surface area is 143 Å². The molecule has 2 atom stereocenters. The van der Waals surface area contributed by atoms with Crippen molar-refractivity contribution in [2.24, 2.45) is 0 Å². The molecular weight excluding hydrogens is 358 g/mol. The van der Waals surface area contributed by atoms with Gasteiger partial charge in [0.05, 0.1) is 18.6 Å². The fourth-order valence-corrected chi connectivity index (χ4v) is 3.44. The van der Waals surface area contributed by atoms with Crippen molar-refractivity contribution in [2.45, 2.75) is 25.3 Å². The summed E-state index contributed by atoms with van der Waals surface area (Å²) in [4.78, 5) is 11.7. The first kappa shape index (κ1) is 15.9. The van der Waals surface area contributed by atoms with Gasteiger partial charge in [0.1, 0.15) is 5.75 Å². The zero-order valence-electron chi connectivity index (χ0n) is 12.8. The van der Waals surface area contributed by atoms with Gasteiger partial charge in [-0.25, -0.2) is 0 Å². The summed E-state index contributed by atoms with van der Waals surface area (Å²) in [7, 11) is 0. The number of carbonyl (C=O) groups is 1. The van der Waals surface area contributed by atoms with Gasteiger partial charge in [-0.3, -0.25) is 4.79 Å². The summed E-state index contributed by atoms with van der Waals surface area (Å²) in [5, 5.41) is 13.1. The number of hydrogen-bond donors (Lipinski definition) is 2. The minimum Gasteiger partial charge on any atom is -0.494 e. The number of carboxylic acid groups (broad SMARTS) is 1. The fourth-order valence-electron chi connectivity index (χ4n) is 3.06. The molecule has 1 heterocycles. The molecule has 0 saturated carbocycles. The van der Waals surface area contributed by atoms with Crippen LogP contribution >= 0.6 is 15.9 Å². The molecule has 2 aromatic carbocycles. The molecule has 0 bridgehead atoms. The summed E-state index contributed by atoms with van der Waals surface area (Å²) >= 11 is 3.42. The topological polar surface area (TPSA) is 58.6 Å². The molecule has 0 saturated heterocycles. The van der Waals surface area contributed by atoms with E-state index in [-0.39, 0.29) is 6.04 Å². The van der Waals surface area contributed by atoms with Gasteiger partial charge in [0.25, 0.3) is 0 Å². The minimum absolute atomic E-state index is 0.0903. The van der Waals surface area contributed by atoms with Crippen LogP contribution in [0.1, 0.15) is 36.4 Å². The van der Waals surface area contributed by atoms with E-state index in [2.05, 4.69) is 21.2 Å². The average Bonchev–Trinajstić information content (AvgIpc) is 2.54. The van der Waals surface area contributed by atoms with E-state index in [1.54, 1.807) is 0 Å². The molecule has 0 fully saturated rings. The first-order chi connectivity index (χ1) is 11.1. The number of carboxylic acids is 1. The largest absolute Gasteiger partial charge is 0.494 e. The van der Waals surface area contributed by atoms with Crippen molar-refractivity contribution >= 4 is 27.6 Å². The van der Waals surface area contributed by atoms with Gasteiger partial charge in [0.2, 0.25) is 0 Å². The molecule has 0 aromatic heterocycles. The molecule has 3 rings (SSSR count). The van der Waals surface area contributed by atoms with Crippen LogP contribution in [0.3, 0.4) is 0 Å². The maximum absolute atomic E-state index is 11.7. The Balaban J connectivity index is 2.01. The SMILES string of the molecule is CCOc1ccccc1C1CC(C(=O)O)c2cc(Br)ccc2N1. The van der Waals surface area contributed by atoms with Crippen molar-refractivity contribution in [2.75, 3.05) is 11.9 Å². The Bertz CT molecular complexity index is 732. The Kier molecular flexibility index (Phi) is 4.57. The Morgan fingerprint density at radius 1 is 1.30 bits per heavy atom. The van der Waals surface area contributed by atoms with Crippen molar-refractivity contribution in [1.29, 1.82) is 0 Å². The number of benzene rings is 2. The molecule has 0 radical (unpaired) electrons. The third-order valence-corrected chi connectivity index (χ3v) is 4.58. The molecule has 23 heavy (non-hydrogen) atoms. The van der Waals surface area contributed by atoms with Gasteiger partial charge in [-0.15, -0.1) is 0 Å². The van der Waals surface area contributed by atoms with Crippen LogP contribution in [-0.2, 0) is 4.79 Å². The second kappa shape index (κ2) is 6.62. The highest BCUT2D eigenvalue weighted by molar-refractivity contribution is 9.10. The number of fused-ring (bicyclic) bond motifs is 1. The van der Waals surface area contributed by atoms with Gasteiger partial charge in [-0.05, 0) is 43.2 Å². The van der Waals surface area contributed by atoms with Crippen LogP contribution in [0.2, 0.25) is 0 Å². The van der Waals surface area contributed by atoms with E-state index in [1.807, 2.05) is 49.4 Å². The highest BCUT2D eigenvalue weighted by atomic mass is 79.9. The molecule has 0 spiro atoms. The van der Waals surface area contributed by atoms with Crippen molar-refractivity contribution in [1.82, 2.24) is 0 Å². The molecule has 0 amide bonds. The van der Waals surface area contributed by atoms with Crippen LogP contribution in [0.15, 0.2) is 46.9 Å². The number of ether oxygens (including phenoxy) is 1. The third-order valence-electron chi connectivity index (χ3n) is 4.08. The Morgan fingerprint density at radius 3 is 2.83 bits per heavy atom. The number of nitrogens with one attached hydrogen (secondary N) is 1. The number of rotatable bonds is 4. The lowest BCUT2D eigenvalue weighted by atomic mass is 9.84. The van der Waals surface area contributed by atoms with E-state index >= 15 is 0 Å². The van der Waals surface area contributed by atoms with E-state index < -0.39 is 11.9 Å². The summed E-state index contributed by atoms with van der Waals surface area (Å²) < 4.78 is 6.58. The van der Waals surface area contributed by atoms with Crippen molar-refractivity contribution in [3.05, 3.63) is 58.1 Å². The maximum Gasteiger partial charge on any atom is 0.311 e. The summed E-state index contributed by atoms with van der Waals surface area (Å²) in [6.07, 6.45) is 0.489. The van der Waals surface area contributed by atoms with Gasteiger partial charge >= 0.3 is 5.97 Å². The lowest BCUT2D eigenvalue weighted by Crippen LogP contribution is -2.26. The molecule has 2 aromatic rings. The van der Waals surface area contributed by atoms with Gasteiger partial charge in [-0.2, -0.15) is 0 Å². The van der Waals surface area contributed by atoms with Crippen molar-refractivity contribution in [3.8, 4) is 5.75 Å². The van der Waals surface area contributed by atoms with Crippen molar-refractivity contribution < 1.29 is 14.6 Å². The normalized spacial score (nSPS) is 19.6. The number of para-hydroxylation sites is 1. The number of halogens is 1. The van der Waals surface area contributed by atoms with Gasteiger partial charge in [0.15, 0.2) is 0 Å². The average molecular weight is 376 g/mol. The second-order valence-corrected chi connectivity index (χ2v) is 6.44. The van der Waals surface area contributed by atoms with E-state index in [1.165, 1.54) is 0 Å². The molecule has 4 nitrogen and oxygen atoms in total. The summed E-state index contributed by atoms with van der Waals surface area (Å²) in [5.74, 6) is -0.537.